The summed E-state index contributed by atoms with van der Waals surface area (Å²) in [6.45, 7) is 1.16. The minimum Gasteiger partial charge on any atom is -0.307 e. The summed E-state index contributed by atoms with van der Waals surface area (Å²) < 4.78 is 1.68. The average molecular weight is 304 g/mol. The van der Waals surface area contributed by atoms with E-state index in [1.807, 2.05) is 35.2 Å². The van der Waals surface area contributed by atoms with Crippen LogP contribution in [0.3, 0.4) is 0 Å². The molecule has 2 aromatic carbocycles. The van der Waals surface area contributed by atoms with Crippen LogP contribution in [-0.4, -0.2) is 20.7 Å². The van der Waals surface area contributed by atoms with Crippen LogP contribution in [-0.2, 0) is 17.9 Å². The number of nitrogens with zero attached hydrogens (tertiary/aromatic N) is 4. The van der Waals surface area contributed by atoms with Gasteiger partial charge in [0.05, 0.1) is 18.8 Å². The number of para-hydroxylation sites is 1. The molecule has 0 fully saturated rings. The van der Waals surface area contributed by atoms with Gasteiger partial charge in [0.1, 0.15) is 12.7 Å². The Labute approximate surface area is 134 Å². The lowest BCUT2D eigenvalue weighted by Gasteiger charge is -2.31. The van der Waals surface area contributed by atoms with Crippen LogP contribution in [0, 0.1) is 0 Å². The van der Waals surface area contributed by atoms with Crippen LogP contribution in [0.4, 0.5) is 5.69 Å². The zero-order valence-electron chi connectivity index (χ0n) is 12.6. The summed E-state index contributed by atoms with van der Waals surface area (Å²) >= 11 is 0. The minimum absolute atomic E-state index is 0.0995. The summed E-state index contributed by atoms with van der Waals surface area (Å²) in [6, 6.07) is 16.3. The molecule has 0 bridgehead atoms. The van der Waals surface area contributed by atoms with Crippen molar-refractivity contribution in [3.63, 3.8) is 0 Å². The standard InChI is InChI=1S/C18H16N4O/c23-18(9-10-21-13-19-12-20-21)22-11-14-5-1-2-6-15(14)16-7-3-4-8-17(16)22/h1-8,12-13H,9-11H2. The number of carbonyl (C=O) groups excluding carboxylic acids is 1. The number of carbonyl (C=O) groups is 1. The summed E-state index contributed by atoms with van der Waals surface area (Å²) in [5.74, 6) is 0.0995. The van der Waals surface area contributed by atoms with E-state index in [9.17, 15) is 4.79 Å². The highest BCUT2D eigenvalue weighted by atomic mass is 16.2. The molecule has 4 rings (SSSR count). The van der Waals surface area contributed by atoms with Crippen LogP contribution in [0.2, 0.25) is 0 Å². The zero-order chi connectivity index (χ0) is 15.6. The fourth-order valence-electron chi connectivity index (χ4n) is 3.03. The highest BCUT2D eigenvalue weighted by Crippen LogP contribution is 2.38. The summed E-state index contributed by atoms with van der Waals surface area (Å²) in [5, 5.41) is 4.05. The van der Waals surface area contributed by atoms with E-state index >= 15 is 0 Å². The number of aromatic nitrogens is 3. The third-order valence-corrected chi connectivity index (χ3v) is 4.15. The van der Waals surface area contributed by atoms with Crippen LogP contribution in [0.15, 0.2) is 61.2 Å². The fraction of sp³-hybridized carbons (Fsp3) is 0.167. The Morgan fingerprint density at radius 3 is 2.65 bits per heavy atom. The molecular formula is C18H16N4O. The Morgan fingerprint density at radius 2 is 1.83 bits per heavy atom. The van der Waals surface area contributed by atoms with E-state index in [-0.39, 0.29) is 5.91 Å². The van der Waals surface area contributed by atoms with Crippen molar-refractivity contribution in [2.75, 3.05) is 4.90 Å². The second kappa shape index (κ2) is 5.68. The smallest absolute Gasteiger partial charge is 0.229 e. The van der Waals surface area contributed by atoms with Crippen LogP contribution in [0.5, 0.6) is 0 Å². The zero-order valence-corrected chi connectivity index (χ0v) is 12.6. The quantitative estimate of drug-likeness (QED) is 0.747. The molecule has 3 aromatic rings. The molecule has 0 atom stereocenters. The molecule has 0 unspecified atom stereocenters. The van der Waals surface area contributed by atoms with Crippen molar-refractivity contribution in [3.8, 4) is 11.1 Å². The number of hydrogen-bond acceptors (Lipinski definition) is 3. The number of hydrogen-bond donors (Lipinski definition) is 0. The first-order chi connectivity index (χ1) is 11.3. The second-order valence-corrected chi connectivity index (χ2v) is 5.56. The molecule has 0 N–H and O–H groups in total. The first-order valence-electron chi connectivity index (χ1n) is 7.63. The molecule has 1 aromatic heterocycles. The van der Waals surface area contributed by atoms with Gasteiger partial charge in [0.25, 0.3) is 0 Å². The normalized spacial score (nSPS) is 12.6. The van der Waals surface area contributed by atoms with Gasteiger partial charge in [-0.3, -0.25) is 9.48 Å². The fourth-order valence-corrected chi connectivity index (χ4v) is 3.03. The predicted octanol–water partition coefficient (Wildman–Crippen LogP) is 2.88. The molecule has 1 amide bonds. The molecule has 5 heteroatoms. The molecule has 0 radical (unpaired) electrons. The van der Waals surface area contributed by atoms with E-state index in [0.29, 0.717) is 19.5 Å². The number of aryl methyl sites for hydroxylation is 1. The lowest BCUT2D eigenvalue weighted by atomic mass is 9.93. The Kier molecular flexibility index (Phi) is 3.38. The topological polar surface area (TPSA) is 51.0 Å². The lowest BCUT2D eigenvalue weighted by Crippen LogP contribution is -2.33. The molecule has 0 aliphatic carbocycles. The van der Waals surface area contributed by atoms with E-state index in [1.54, 1.807) is 11.0 Å². The van der Waals surface area contributed by atoms with Gasteiger partial charge in [-0.25, -0.2) is 4.98 Å². The Bertz CT molecular complexity index is 842. The van der Waals surface area contributed by atoms with Gasteiger partial charge in [0.2, 0.25) is 5.91 Å². The molecule has 114 valence electrons. The molecule has 23 heavy (non-hydrogen) atoms. The molecule has 0 saturated heterocycles. The molecule has 1 aliphatic heterocycles. The Balaban J connectivity index is 1.63. The van der Waals surface area contributed by atoms with Crippen LogP contribution in [0.1, 0.15) is 12.0 Å². The van der Waals surface area contributed by atoms with Gasteiger partial charge in [-0.2, -0.15) is 5.10 Å². The van der Waals surface area contributed by atoms with Crippen molar-refractivity contribution in [3.05, 3.63) is 66.7 Å². The SMILES string of the molecule is O=C(CCn1cncn1)N1Cc2ccccc2-c2ccccc21. The Morgan fingerprint density at radius 1 is 1.04 bits per heavy atom. The van der Waals surface area contributed by atoms with Crippen molar-refractivity contribution >= 4 is 11.6 Å². The van der Waals surface area contributed by atoms with Gasteiger partial charge in [0, 0.05) is 12.0 Å². The number of rotatable bonds is 3. The maximum absolute atomic E-state index is 12.7. The van der Waals surface area contributed by atoms with Gasteiger partial charge in [-0.1, -0.05) is 42.5 Å². The van der Waals surface area contributed by atoms with Gasteiger partial charge in [-0.05, 0) is 17.2 Å². The molecular weight excluding hydrogens is 288 g/mol. The van der Waals surface area contributed by atoms with Crippen molar-refractivity contribution in [1.29, 1.82) is 0 Å². The number of amides is 1. The number of benzene rings is 2. The molecule has 2 heterocycles. The Hall–Kier alpha value is -2.95. The van der Waals surface area contributed by atoms with E-state index in [2.05, 4.69) is 28.3 Å². The van der Waals surface area contributed by atoms with Crippen LogP contribution in [0.25, 0.3) is 11.1 Å². The van der Waals surface area contributed by atoms with E-state index in [0.717, 1.165) is 11.3 Å². The molecule has 1 aliphatic rings. The van der Waals surface area contributed by atoms with E-state index < -0.39 is 0 Å². The maximum atomic E-state index is 12.7. The predicted molar refractivity (Wildman–Crippen MR) is 87.7 cm³/mol. The summed E-state index contributed by atoms with van der Waals surface area (Å²) in [6.07, 6.45) is 3.52. The monoisotopic (exact) mass is 304 g/mol. The molecule has 5 nitrogen and oxygen atoms in total. The van der Waals surface area contributed by atoms with Crippen molar-refractivity contribution in [2.45, 2.75) is 19.5 Å². The highest BCUT2D eigenvalue weighted by Gasteiger charge is 2.25. The average Bonchev–Trinajstić information content (AvgIpc) is 3.12. The maximum Gasteiger partial charge on any atom is 0.229 e. The third kappa shape index (κ3) is 2.50. The summed E-state index contributed by atoms with van der Waals surface area (Å²) in [7, 11) is 0. The first-order valence-corrected chi connectivity index (χ1v) is 7.63. The summed E-state index contributed by atoms with van der Waals surface area (Å²) in [4.78, 5) is 18.5. The van der Waals surface area contributed by atoms with Gasteiger partial charge in [0.15, 0.2) is 0 Å². The van der Waals surface area contributed by atoms with Crippen LogP contribution >= 0.6 is 0 Å². The highest BCUT2D eigenvalue weighted by molar-refractivity contribution is 6.00. The van der Waals surface area contributed by atoms with Crippen LogP contribution < -0.4 is 4.90 Å². The molecule has 0 spiro atoms. The van der Waals surface area contributed by atoms with E-state index in [4.69, 9.17) is 0 Å². The largest absolute Gasteiger partial charge is 0.307 e. The van der Waals surface area contributed by atoms with Crippen molar-refractivity contribution in [1.82, 2.24) is 14.8 Å². The van der Waals surface area contributed by atoms with E-state index in [1.165, 1.54) is 17.5 Å². The van der Waals surface area contributed by atoms with Crippen molar-refractivity contribution in [2.24, 2.45) is 0 Å². The van der Waals surface area contributed by atoms with Gasteiger partial charge in [-0.15, -0.1) is 0 Å². The molecule has 0 saturated carbocycles. The number of fused-ring (bicyclic) bond motifs is 3. The second-order valence-electron chi connectivity index (χ2n) is 5.56. The summed E-state index contributed by atoms with van der Waals surface area (Å²) in [5.41, 5.74) is 4.49. The number of anilines is 1. The lowest BCUT2D eigenvalue weighted by molar-refractivity contribution is -0.119. The van der Waals surface area contributed by atoms with Crippen molar-refractivity contribution < 1.29 is 4.79 Å². The van der Waals surface area contributed by atoms with Gasteiger partial charge < -0.3 is 4.90 Å². The third-order valence-electron chi connectivity index (χ3n) is 4.15. The van der Waals surface area contributed by atoms with Gasteiger partial charge >= 0.3 is 0 Å². The minimum atomic E-state index is 0.0995. The first kappa shape index (κ1) is 13.7.